The second kappa shape index (κ2) is 7.65. The Kier molecular flexibility index (Phi) is 4.68. The zero-order valence-corrected chi connectivity index (χ0v) is 16.3. The Morgan fingerprint density at radius 3 is 2.52 bits per heavy atom. The van der Waals surface area contributed by atoms with Gasteiger partial charge in [-0.1, -0.05) is 30.3 Å². The molecule has 3 aromatic carbocycles. The number of rotatable bonds is 4. The molecule has 31 heavy (non-hydrogen) atoms. The van der Waals surface area contributed by atoms with E-state index in [1.807, 2.05) is 18.2 Å². The van der Waals surface area contributed by atoms with Crippen LogP contribution >= 0.6 is 0 Å². The second-order valence-corrected chi connectivity index (χ2v) is 7.24. The van der Waals surface area contributed by atoms with Gasteiger partial charge in [0.05, 0.1) is 6.07 Å². The molecular weight excluding hydrogens is 399 g/mol. The van der Waals surface area contributed by atoms with E-state index in [4.69, 9.17) is 24.4 Å². The first kappa shape index (κ1) is 18.9. The topological polar surface area (TPSA) is 84.6 Å². The van der Waals surface area contributed by atoms with Crippen molar-refractivity contribution < 1.29 is 23.3 Å². The average molecular weight is 416 g/mol. The molecule has 0 spiro atoms. The van der Waals surface area contributed by atoms with Crippen LogP contribution in [0.4, 0.5) is 4.39 Å². The molecule has 5 rings (SSSR count). The van der Waals surface area contributed by atoms with Crippen molar-refractivity contribution >= 4 is 5.90 Å². The standard InChI is InChI=1S/C24H17FN2O4/c25-19-4-2-1-3-15(19)12-28-16-7-5-14(6-8-16)23-17-9-21-22(30-13-29-21)10-20(17)31-24(27)18(23)11-26/h1-10,18,23,27H,12-13H2. The van der Waals surface area contributed by atoms with Crippen LogP contribution < -0.4 is 18.9 Å². The van der Waals surface area contributed by atoms with E-state index in [9.17, 15) is 9.65 Å². The van der Waals surface area contributed by atoms with Gasteiger partial charge >= 0.3 is 0 Å². The Hall–Kier alpha value is -4.05. The predicted octanol–water partition coefficient (Wildman–Crippen LogP) is 4.77. The Balaban J connectivity index is 1.44. The van der Waals surface area contributed by atoms with Gasteiger partial charge in [-0.2, -0.15) is 5.26 Å². The molecule has 7 heteroatoms. The highest BCUT2D eigenvalue weighted by Crippen LogP contribution is 2.48. The molecule has 0 fully saturated rings. The van der Waals surface area contributed by atoms with E-state index in [-0.39, 0.29) is 25.1 Å². The van der Waals surface area contributed by atoms with Gasteiger partial charge < -0.3 is 18.9 Å². The molecule has 2 heterocycles. The summed E-state index contributed by atoms with van der Waals surface area (Å²) in [5, 5.41) is 17.9. The number of fused-ring (bicyclic) bond motifs is 2. The maximum Gasteiger partial charge on any atom is 0.231 e. The molecular formula is C24H17FN2O4. The van der Waals surface area contributed by atoms with E-state index in [2.05, 4.69) is 6.07 Å². The van der Waals surface area contributed by atoms with Gasteiger partial charge in [0.25, 0.3) is 0 Å². The molecule has 0 radical (unpaired) electrons. The Morgan fingerprint density at radius 1 is 1.03 bits per heavy atom. The number of halogens is 1. The highest BCUT2D eigenvalue weighted by atomic mass is 19.1. The Labute approximate surface area is 177 Å². The monoisotopic (exact) mass is 416 g/mol. The highest BCUT2D eigenvalue weighted by Gasteiger charge is 2.38. The Morgan fingerprint density at radius 2 is 1.77 bits per heavy atom. The van der Waals surface area contributed by atoms with Crippen LogP contribution in [0.25, 0.3) is 0 Å². The van der Waals surface area contributed by atoms with E-state index >= 15 is 0 Å². The van der Waals surface area contributed by atoms with Crippen molar-refractivity contribution in [3.05, 3.63) is 83.2 Å². The lowest BCUT2D eigenvalue weighted by Crippen LogP contribution is -2.30. The van der Waals surface area contributed by atoms with Crippen LogP contribution in [-0.2, 0) is 6.61 Å². The summed E-state index contributed by atoms with van der Waals surface area (Å²) in [6.07, 6.45) is 0. The summed E-state index contributed by atoms with van der Waals surface area (Å²) in [4.78, 5) is 0. The van der Waals surface area contributed by atoms with Gasteiger partial charge in [-0.25, -0.2) is 4.39 Å². The van der Waals surface area contributed by atoms with Crippen LogP contribution in [0.15, 0.2) is 60.7 Å². The second-order valence-electron chi connectivity index (χ2n) is 7.24. The lowest BCUT2D eigenvalue weighted by Gasteiger charge is -2.30. The molecule has 0 saturated heterocycles. The van der Waals surface area contributed by atoms with Gasteiger partial charge in [0.15, 0.2) is 11.5 Å². The molecule has 0 aromatic heterocycles. The molecule has 154 valence electrons. The first-order chi connectivity index (χ1) is 15.1. The van der Waals surface area contributed by atoms with Crippen LogP contribution in [0.3, 0.4) is 0 Å². The number of nitrogens with one attached hydrogen (secondary N) is 1. The van der Waals surface area contributed by atoms with Crippen molar-refractivity contribution in [2.75, 3.05) is 6.79 Å². The van der Waals surface area contributed by atoms with E-state index in [1.54, 1.807) is 36.4 Å². The van der Waals surface area contributed by atoms with Crippen molar-refractivity contribution in [2.45, 2.75) is 12.5 Å². The molecule has 1 N–H and O–H groups in total. The van der Waals surface area contributed by atoms with Crippen LogP contribution in [-0.4, -0.2) is 12.7 Å². The third-order valence-corrected chi connectivity index (χ3v) is 5.41. The molecule has 3 aromatic rings. The van der Waals surface area contributed by atoms with Crippen molar-refractivity contribution in [3.63, 3.8) is 0 Å². The van der Waals surface area contributed by atoms with E-state index in [0.717, 1.165) is 11.1 Å². The molecule has 0 amide bonds. The summed E-state index contributed by atoms with van der Waals surface area (Å²) in [7, 11) is 0. The number of ether oxygens (including phenoxy) is 4. The smallest absolute Gasteiger partial charge is 0.231 e. The minimum absolute atomic E-state index is 0.112. The third kappa shape index (κ3) is 3.42. The first-order valence-corrected chi connectivity index (χ1v) is 9.69. The molecule has 6 nitrogen and oxygen atoms in total. The maximum atomic E-state index is 13.8. The zero-order chi connectivity index (χ0) is 21.4. The SMILES string of the molecule is N#CC1C(=N)Oc2cc3c(cc2C1c1ccc(OCc2ccccc2F)cc1)OCO3. The fourth-order valence-corrected chi connectivity index (χ4v) is 3.84. The number of hydrogen-bond acceptors (Lipinski definition) is 6. The predicted molar refractivity (Wildman–Crippen MR) is 109 cm³/mol. The molecule has 2 aliphatic heterocycles. The number of hydrogen-bond donors (Lipinski definition) is 1. The van der Waals surface area contributed by atoms with Gasteiger partial charge in [0, 0.05) is 23.1 Å². The lowest BCUT2D eigenvalue weighted by atomic mass is 9.79. The summed E-state index contributed by atoms with van der Waals surface area (Å²) in [5.74, 6) is 0.583. The third-order valence-electron chi connectivity index (χ3n) is 5.41. The summed E-state index contributed by atoms with van der Waals surface area (Å²) >= 11 is 0. The largest absolute Gasteiger partial charge is 0.489 e. The minimum atomic E-state index is -0.780. The van der Waals surface area contributed by atoms with E-state index in [0.29, 0.717) is 28.6 Å². The zero-order valence-electron chi connectivity index (χ0n) is 16.3. The van der Waals surface area contributed by atoms with Gasteiger partial charge in [0.1, 0.15) is 29.8 Å². The van der Waals surface area contributed by atoms with Gasteiger partial charge in [-0.05, 0) is 29.8 Å². The van der Waals surface area contributed by atoms with Crippen molar-refractivity contribution in [2.24, 2.45) is 5.92 Å². The lowest BCUT2D eigenvalue weighted by molar-refractivity contribution is 0.174. The average Bonchev–Trinajstić information content (AvgIpc) is 3.24. The van der Waals surface area contributed by atoms with Gasteiger partial charge in [-0.15, -0.1) is 0 Å². The number of nitriles is 1. The van der Waals surface area contributed by atoms with Gasteiger partial charge in [0.2, 0.25) is 12.7 Å². The molecule has 0 saturated carbocycles. The fourth-order valence-electron chi connectivity index (χ4n) is 3.84. The first-order valence-electron chi connectivity index (χ1n) is 9.69. The van der Waals surface area contributed by atoms with E-state index in [1.165, 1.54) is 6.07 Å². The number of nitrogens with zero attached hydrogens (tertiary/aromatic N) is 1. The van der Waals surface area contributed by atoms with Gasteiger partial charge in [-0.3, -0.25) is 5.41 Å². The number of benzene rings is 3. The summed E-state index contributed by atoms with van der Waals surface area (Å²) < 4.78 is 36.0. The highest BCUT2D eigenvalue weighted by molar-refractivity contribution is 5.85. The summed E-state index contributed by atoms with van der Waals surface area (Å²) in [6, 6.07) is 19.4. The maximum absolute atomic E-state index is 13.8. The van der Waals surface area contributed by atoms with Crippen molar-refractivity contribution in [3.8, 4) is 29.1 Å². The van der Waals surface area contributed by atoms with Crippen molar-refractivity contribution in [1.29, 1.82) is 10.7 Å². The molecule has 0 aliphatic carbocycles. The normalized spacial score (nSPS) is 18.6. The molecule has 2 atom stereocenters. The van der Waals surface area contributed by atoms with Crippen LogP contribution in [0.2, 0.25) is 0 Å². The molecule has 2 unspecified atom stereocenters. The quantitative estimate of drug-likeness (QED) is 0.662. The van der Waals surface area contributed by atoms with Crippen molar-refractivity contribution in [1.82, 2.24) is 0 Å². The van der Waals surface area contributed by atoms with Crippen LogP contribution in [0.5, 0.6) is 23.0 Å². The minimum Gasteiger partial charge on any atom is -0.489 e. The molecule has 2 aliphatic rings. The molecule has 0 bridgehead atoms. The van der Waals surface area contributed by atoms with Crippen LogP contribution in [0.1, 0.15) is 22.6 Å². The summed E-state index contributed by atoms with van der Waals surface area (Å²) in [6.45, 7) is 0.233. The Bertz CT molecular complexity index is 1200. The summed E-state index contributed by atoms with van der Waals surface area (Å²) in [5.41, 5.74) is 2.06. The fraction of sp³-hybridized carbons (Fsp3) is 0.167. The van der Waals surface area contributed by atoms with Crippen LogP contribution in [0, 0.1) is 28.5 Å². The van der Waals surface area contributed by atoms with E-state index < -0.39 is 11.8 Å².